The van der Waals surface area contributed by atoms with Gasteiger partial charge in [0.25, 0.3) is 0 Å². The first-order chi connectivity index (χ1) is 11.1. The van der Waals surface area contributed by atoms with Gasteiger partial charge in [0.15, 0.2) is 5.57 Å². The SMILES string of the molecule is CCc1cc(N(CC)C(=C(C(=O)O)C(=O)O)C(F)(F)F)n(CC)n1. The van der Waals surface area contributed by atoms with Gasteiger partial charge in [0.2, 0.25) is 0 Å². The molecular weight excluding hydrogens is 331 g/mol. The fraction of sp³-hybridized carbons (Fsp3) is 0.500. The normalized spacial score (nSPS) is 11.2. The maximum atomic E-state index is 13.5. The molecule has 0 unspecified atom stereocenters. The maximum absolute atomic E-state index is 13.5. The summed E-state index contributed by atoms with van der Waals surface area (Å²) in [4.78, 5) is 22.8. The number of carboxylic acids is 2. The van der Waals surface area contributed by atoms with Crippen LogP contribution in [0.15, 0.2) is 17.3 Å². The Bertz CT molecular complexity index is 649. The van der Waals surface area contributed by atoms with Crippen LogP contribution < -0.4 is 4.90 Å². The molecule has 0 aliphatic heterocycles. The highest BCUT2D eigenvalue weighted by Gasteiger charge is 2.45. The quantitative estimate of drug-likeness (QED) is 0.445. The second-order valence-electron chi connectivity index (χ2n) is 4.74. The number of alkyl halides is 3. The van der Waals surface area contributed by atoms with E-state index in [2.05, 4.69) is 5.10 Å². The summed E-state index contributed by atoms with van der Waals surface area (Å²) in [7, 11) is 0. The molecular formula is C14H18F3N3O4. The van der Waals surface area contributed by atoms with E-state index < -0.39 is 29.4 Å². The summed E-state index contributed by atoms with van der Waals surface area (Å²) in [5.41, 5.74) is -2.95. The number of nitrogens with zero attached hydrogens (tertiary/aromatic N) is 3. The van der Waals surface area contributed by atoms with E-state index in [-0.39, 0.29) is 18.9 Å². The average Bonchev–Trinajstić information content (AvgIpc) is 2.88. The van der Waals surface area contributed by atoms with Crippen molar-refractivity contribution in [1.29, 1.82) is 0 Å². The van der Waals surface area contributed by atoms with Crippen LogP contribution in [0.2, 0.25) is 0 Å². The van der Waals surface area contributed by atoms with Gasteiger partial charge >= 0.3 is 18.1 Å². The first-order valence-corrected chi connectivity index (χ1v) is 7.20. The lowest BCUT2D eigenvalue weighted by atomic mass is 10.1. The third-order valence-corrected chi connectivity index (χ3v) is 3.27. The predicted molar refractivity (Wildman–Crippen MR) is 78.7 cm³/mol. The van der Waals surface area contributed by atoms with E-state index in [1.165, 1.54) is 17.7 Å². The van der Waals surface area contributed by atoms with Crippen LogP contribution in [-0.4, -0.2) is 44.7 Å². The molecule has 0 amide bonds. The Kier molecular flexibility index (Phi) is 5.99. The van der Waals surface area contributed by atoms with Gasteiger partial charge in [-0.05, 0) is 20.3 Å². The summed E-state index contributed by atoms with van der Waals surface area (Å²) in [5, 5.41) is 22.0. The third-order valence-electron chi connectivity index (χ3n) is 3.27. The number of carboxylic acid groups (broad SMARTS) is 2. The zero-order valence-electron chi connectivity index (χ0n) is 13.4. The molecule has 0 saturated carbocycles. The van der Waals surface area contributed by atoms with Crippen molar-refractivity contribution in [3.63, 3.8) is 0 Å². The summed E-state index contributed by atoms with van der Waals surface area (Å²) in [5.74, 6) is -4.33. The van der Waals surface area contributed by atoms with E-state index in [0.717, 1.165) is 0 Å². The molecule has 134 valence electrons. The van der Waals surface area contributed by atoms with Crippen molar-refractivity contribution >= 4 is 17.8 Å². The standard InChI is InChI=1S/C14H18F3N3O4/c1-4-8-7-9(20(6-3)18-8)19(5-2)11(14(15,16)17)10(12(21)22)13(23)24/h7H,4-6H2,1-3H3,(H,21,22)(H,23,24). The van der Waals surface area contributed by atoms with E-state index >= 15 is 0 Å². The van der Waals surface area contributed by atoms with Crippen molar-refractivity contribution < 1.29 is 33.0 Å². The van der Waals surface area contributed by atoms with E-state index in [1.807, 2.05) is 0 Å². The molecule has 1 rings (SSSR count). The van der Waals surface area contributed by atoms with Gasteiger partial charge in [-0.1, -0.05) is 6.92 Å². The molecule has 0 aromatic carbocycles. The summed E-state index contributed by atoms with van der Waals surface area (Å²) in [6.45, 7) is 4.75. The molecule has 1 heterocycles. The minimum Gasteiger partial charge on any atom is -0.477 e. The lowest BCUT2D eigenvalue weighted by molar-refractivity contribution is -0.142. The van der Waals surface area contributed by atoms with Crippen LogP contribution in [0.5, 0.6) is 0 Å². The second kappa shape index (κ2) is 7.37. The number of anilines is 1. The molecule has 7 nitrogen and oxygen atoms in total. The van der Waals surface area contributed by atoms with Gasteiger partial charge in [-0.25, -0.2) is 14.3 Å². The maximum Gasteiger partial charge on any atom is 0.432 e. The largest absolute Gasteiger partial charge is 0.477 e. The fourth-order valence-electron chi connectivity index (χ4n) is 2.24. The predicted octanol–water partition coefficient (Wildman–Crippen LogP) is 2.28. The van der Waals surface area contributed by atoms with Crippen LogP contribution in [0.3, 0.4) is 0 Å². The van der Waals surface area contributed by atoms with E-state index in [0.29, 0.717) is 17.0 Å². The van der Waals surface area contributed by atoms with Gasteiger partial charge in [0.1, 0.15) is 11.5 Å². The molecule has 0 atom stereocenters. The monoisotopic (exact) mass is 349 g/mol. The Balaban J connectivity index is 3.73. The van der Waals surface area contributed by atoms with Gasteiger partial charge in [0, 0.05) is 19.2 Å². The minimum atomic E-state index is -5.17. The molecule has 0 saturated heterocycles. The Morgan fingerprint density at radius 1 is 1.21 bits per heavy atom. The average molecular weight is 349 g/mol. The van der Waals surface area contributed by atoms with Crippen LogP contribution in [0.25, 0.3) is 0 Å². The number of aryl methyl sites for hydroxylation is 2. The van der Waals surface area contributed by atoms with Gasteiger partial charge in [-0.15, -0.1) is 0 Å². The highest BCUT2D eigenvalue weighted by atomic mass is 19.4. The number of halogens is 3. The van der Waals surface area contributed by atoms with Gasteiger partial charge in [-0.3, -0.25) is 0 Å². The van der Waals surface area contributed by atoms with Gasteiger partial charge < -0.3 is 15.1 Å². The van der Waals surface area contributed by atoms with Crippen molar-refractivity contribution in [2.45, 2.75) is 39.9 Å². The number of rotatable bonds is 7. The van der Waals surface area contributed by atoms with E-state index in [4.69, 9.17) is 10.2 Å². The smallest absolute Gasteiger partial charge is 0.432 e. The first-order valence-electron chi connectivity index (χ1n) is 7.20. The Morgan fingerprint density at radius 3 is 2.08 bits per heavy atom. The summed E-state index contributed by atoms with van der Waals surface area (Å²) < 4.78 is 41.7. The van der Waals surface area contributed by atoms with Crippen LogP contribution >= 0.6 is 0 Å². The molecule has 0 aliphatic carbocycles. The lowest BCUT2D eigenvalue weighted by Gasteiger charge is -2.28. The van der Waals surface area contributed by atoms with Crippen LogP contribution in [0, 0.1) is 0 Å². The number of aliphatic carboxylic acids is 2. The van der Waals surface area contributed by atoms with Crippen LogP contribution in [0.4, 0.5) is 19.0 Å². The highest BCUT2D eigenvalue weighted by molar-refractivity contribution is 6.13. The molecule has 2 N–H and O–H groups in total. The fourth-order valence-corrected chi connectivity index (χ4v) is 2.24. The number of allylic oxidation sites excluding steroid dienone is 1. The highest BCUT2D eigenvalue weighted by Crippen LogP contribution is 2.35. The summed E-state index contributed by atoms with van der Waals surface area (Å²) in [6.07, 6.45) is -4.70. The first kappa shape index (κ1) is 19.5. The topological polar surface area (TPSA) is 95.7 Å². The third kappa shape index (κ3) is 3.87. The lowest BCUT2D eigenvalue weighted by Crippen LogP contribution is -2.37. The second-order valence-corrected chi connectivity index (χ2v) is 4.74. The van der Waals surface area contributed by atoms with E-state index in [1.54, 1.807) is 13.8 Å². The van der Waals surface area contributed by atoms with Gasteiger partial charge in [-0.2, -0.15) is 18.3 Å². The zero-order chi connectivity index (χ0) is 18.7. The molecule has 0 fully saturated rings. The summed E-state index contributed by atoms with van der Waals surface area (Å²) >= 11 is 0. The minimum absolute atomic E-state index is 0.0100. The molecule has 0 spiro atoms. The molecule has 1 aromatic rings. The number of hydrogen-bond acceptors (Lipinski definition) is 4. The number of carbonyl (C=O) groups is 2. The molecule has 24 heavy (non-hydrogen) atoms. The molecule has 0 aliphatic rings. The van der Waals surface area contributed by atoms with Crippen LogP contribution in [0.1, 0.15) is 26.5 Å². The van der Waals surface area contributed by atoms with Crippen molar-refractivity contribution in [1.82, 2.24) is 9.78 Å². The molecule has 1 aromatic heterocycles. The molecule has 10 heteroatoms. The number of aromatic nitrogens is 2. The molecule has 0 bridgehead atoms. The van der Waals surface area contributed by atoms with Crippen molar-refractivity contribution in [2.75, 3.05) is 11.4 Å². The van der Waals surface area contributed by atoms with Crippen molar-refractivity contribution in [3.8, 4) is 0 Å². The Morgan fingerprint density at radius 2 is 1.75 bits per heavy atom. The van der Waals surface area contributed by atoms with Crippen molar-refractivity contribution in [3.05, 3.63) is 23.0 Å². The van der Waals surface area contributed by atoms with Gasteiger partial charge in [0.05, 0.1) is 5.69 Å². The zero-order valence-corrected chi connectivity index (χ0v) is 13.4. The van der Waals surface area contributed by atoms with Crippen molar-refractivity contribution in [2.24, 2.45) is 0 Å². The van der Waals surface area contributed by atoms with E-state index in [9.17, 15) is 22.8 Å². The Labute approximate surface area is 136 Å². The Hall–Kier alpha value is -2.52. The van der Waals surface area contributed by atoms with Crippen LogP contribution in [-0.2, 0) is 22.6 Å². The number of hydrogen-bond donors (Lipinski definition) is 2. The molecule has 0 radical (unpaired) electrons. The summed E-state index contributed by atoms with van der Waals surface area (Å²) in [6, 6.07) is 1.39.